The number of amides is 3. The summed E-state index contributed by atoms with van der Waals surface area (Å²) in [6, 6.07) is 4.00. The Kier molecular flexibility index (Phi) is 7.65. The van der Waals surface area contributed by atoms with Gasteiger partial charge in [0.1, 0.15) is 39.6 Å². The van der Waals surface area contributed by atoms with E-state index in [0.29, 0.717) is 4.90 Å². The first-order chi connectivity index (χ1) is 24.5. The lowest BCUT2D eigenvalue weighted by Crippen LogP contribution is -2.66. The fourth-order valence-corrected chi connectivity index (χ4v) is 7.56. The molecular formula is C35H35ClF2N6O5S. The van der Waals surface area contributed by atoms with E-state index in [1.165, 1.54) is 17.0 Å². The largest absolute Gasteiger partial charge is 0.444 e. The van der Waals surface area contributed by atoms with Crippen molar-refractivity contribution in [2.75, 3.05) is 35.2 Å². The van der Waals surface area contributed by atoms with Crippen LogP contribution in [-0.2, 0) is 14.3 Å². The second-order valence-electron chi connectivity index (χ2n) is 14.1. The number of fused-ring (bicyclic) bond motifs is 6. The van der Waals surface area contributed by atoms with Crippen molar-refractivity contribution in [3.05, 3.63) is 46.6 Å². The van der Waals surface area contributed by atoms with Crippen molar-refractivity contribution < 1.29 is 36.8 Å². The van der Waals surface area contributed by atoms with E-state index in [4.69, 9.17) is 25.2 Å². The molecule has 2 aromatic heterocycles. The maximum absolute atomic E-state index is 17.0. The highest BCUT2D eigenvalue weighted by molar-refractivity contribution is 7.23. The van der Waals surface area contributed by atoms with Crippen molar-refractivity contribution >= 4 is 78.4 Å². The lowest BCUT2D eigenvalue weighted by atomic mass is 9.95. The number of anilines is 3. The predicted octanol–water partition coefficient (Wildman–Crippen LogP) is 8.06. The van der Waals surface area contributed by atoms with Crippen LogP contribution in [0.15, 0.2) is 24.4 Å². The van der Waals surface area contributed by atoms with Crippen LogP contribution in [0.5, 0.6) is 0 Å². The fraction of sp³-hybridized carbons (Fsp3) is 0.400. The summed E-state index contributed by atoms with van der Waals surface area (Å²) >= 11 is 7.63. The third kappa shape index (κ3) is 6.02. The molecule has 1 saturated heterocycles. The summed E-state index contributed by atoms with van der Waals surface area (Å²) in [6.07, 6.45) is -0.462. The van der Waals surface area contributed by atoms with Crippen molar-refractivity contribution in [1.29, 1.82) is 5.26 Å². The van der Waals surface area contributed by atoms with Gasteiger partial charge in [-0.1, -0.05) is 17.7 Å². The molecule has 3 amide bonds. The molecule has 0 bridgehead atoms. The lowest BCUT2D eigenvalue weighted by molar-refractivity contribution is -0.121. The van der Waals surface area contributed by atoms with Crippen molar-refractivity contribution in [1.82, 2.24) is 9.88 Å². The monoisotopic (exact) mass is 727 g/mol. The summed E-state index contributed by atoms with van der Waals surface area (Å²) in [6.45, 7) is 8.65. The van der Waals surface area contributed by atoms with E-state index in [9.17, 15) is 19.6 Å². The number of carbonyl (C=O) groups is 3. The zero-order chi connectivity index (χ0) is 39.1. The number of thiophene rings is 1. The van der Waals surface area contributed by atoms with E-state index in [2.05, 4.69) is 10.3 Å². The van der Waals surface area contributed by atoms with Crippen LogP contribution in [0, 0.1) is 23.0 Å². The molecule has 50 heavy (non-hydrogen) atoms. The molecule has 2 aliphatic heterocycles. The molecule has 1 fully saturated rings. The molecule has 0 aliphatic carbocycles. The number of rotatable bonds is 2. The Bertz CT molecular complexity index is 2270. The number of nitriles is 1. The molecule has 11 nitrogen and oxygen atoms in total. The fourth-order valence-electron chi connectivity index (χ4n) is 6.20. The average Bonchev–Trinajstić information content (AvgIpc) is 3.37. The van der Waals surface area contributed by atoms with Gasteiger partial charge >= 0.3 is 12.2 Å². The second-order valence-corrected chi connectivity index (χ2v) is 15.5. The number of carbonyl (C=O) groups excluding carboxylic acids is 3. The highest BCUT2D eigenvalue weighted by Gasteiger charge is 2.45. The molecule has 2 aromatic carbocycles. The molecule has 0 unspecified atom stereocenters. The summed E-state index contributed by atoms with van der Waals surface area (Å²) < 4.78 is 67.8. The maximum atomic E-state index is 17.0. The number of nitrogens with one attached hydrogen (secondary N) is 1. The van der Waals surface area contributed by atoms with Crippen molar-refractivity contribution in [3.8, 4) is 17.2 Å². The molecule has 1 N–H and O–H groups in total. The third-order valence-electron chi connectivity index (χ3n) is 8.19. The summed E-state index contributed by atoms with van der Waals surface area (Å²) in [7, 11) is 0. The minimum atomic E-state index is -2.98. The Morgan fingerprint density at radius 3 is 2.50 bits per heavy atom. The Labute approximate surface area is 300 Å². The van der Waals surface area contributed by atoms with Gasteiger partial charge in [0.2, 0.25) is 0 Å². The van der Waals surface area contributed by atoms with Gasteiger partial charge in [-0.2, -0.15) is 5.26 Å². The highest BCUT2D eigenvalue weighted by Crippen LogP contribution is 2.49. The van der Waals surface area contributed by atoms with Gasteiger partial charge in [-0.3, -0.25) is 15.1 Å². The number of aromatic nitrogens is 1. The summed E-state index contributed by atoms with van der Waals surface area (Å²) in [5.41, 5.74) is -2.23. The van der Waals surface area contributed by atoms with Crippen LogP contribution >= 0.6 is 22.9 Å². The molecule has 0 radical (unpaired) electrons. The molecule has 0 saturated carbocycles. The van der Waals surface area contributed by atoms with Crippen LogP contribution in [0.2, 0.25) is 5.02 Å². The van der Waals surface area contributed by atoms with Crippen LogP contribution in [0.4, 0.5) is 34.7 Å². The van der Waals surface area contributed by atoms with Gasteiger partial charge in [0, 0.05) is 40.0 Å². The quantitative estimate of drug-likeness (QED) is 0.220. The molecule has 4 aromatic rings. The zero-order valence-electron chi connectivity index (χ0n) is 31.2. The van der Waals surface area contributed by atoms with E-state index >= 15 is 8.78 Å². The summed E-state index contributed by atoms with van der Waals surface area (Å²) in [4.78, 5) is 47.6. The van der Waals surface area contributed by atoms with Crippen LogP contribution < -0.4 is 15.1 Å². The number of ether oxygens (including phenoxy) is 2. The van der Waals surface area contributed by atoms with Gasteiger partial charge in [0.05, 0.1) is 39.4 Å². The van der Waals surface area contributed by atoms with Gasteiger partial charge in [0.15, 0.2) is 5.82 Å². The van der Waals surface area contributed by atoms with Crippen LogP contribution in [-0.4, -0.2) is 71.3 Å². The first kappa shape index (κ1) is 31.3. The van der Waals surface area contributed by atoms with Crippen molar-refractivity contribution in [3.63, 3.8) is 0 Å². The summed E-state index contributed by atoms with van der Waals surface area (Å²) in [5, 5.41) is 12.5. The minimum Gasteiger partial charge on any atom is -0.444 e. The Morgan fingerprint density at radius 2 is 1.86 bits per heavy atom. The molecule has 6 rings (SSSR count). The molecular weight excluding hydrogens is 690 g/mol. The number of piperazine rings is 1. The molecule has 262 valence electrons. The predicted molar refractivity (Wildman–Crippen MR) is 189 cm³/mol. The Morgan fingerprint density at radius 1 is 1.16 bits per heavy atom. The Hall–Kier alpha value is -4.74. The third-order valence-corrected chi connectivity index (χ3v) is 9.60. The number of hydrogen-bond acceptors (Lipinski definition) is 9. The smallest absolute Gasteiger partial charge is 0.412 e. The number of benzene rings is 2. The number of halogens is 3. The van der Waals surface area contributed by atoms with E-state index in [1.54, 1.807) is 53.4 Å². The first-order valence-corrected chi connectivity index (χ1v) is 16.8. The number of hydrogen-bond donors (Lipinski definition) is 1. The molecule has 4 heterocycles. The van der Waals surface area contributed by atoms with E-state index in [1.807, 2.05) is 6.07 Å². The Balaban J connectivity index is 1.53. The van der Waals surface area contributed by atoms with Gasteiger partial charge in [-0.25, -0.2) is 18.4 Å². The van der Waals surface area contributed by atoms with Crippen LogP contribution in [0.25, 0.3) is 32.1 Å². The average molecular weight is 728 g/mol. The second kappa shape index (κ2) is 12.2. The van der Waals surface area contributed by atoms with Gasteiger partial charge in [0.25, 0.3) is 5.91 Å². The SMILES string of the molecule is [2H]C([2H])([2H])N1C(=O)[C@H]2CN(C(=O)OC(C)(C)C)[C@H](C)CN2c2c1cnc1c(F)c(-c3ccc(F)c4sc(NC(=O)OC(C)(C)C)c(C#N)c34)c(Cl)cc21. The molecule has 0 spiro atoms. The van der Waals surface area contributed by atoms with Crippen molar-refractivity contribution in [2.24, 2.45) is 0 Å². The normalized spacial score (nSPS) is 18.9. The van der Waals surface area contributed by atoms with E-state index < -0.39 is 60.0 Å². The van der Waals surface area contributed by atoms with Crippen LogP contribution in [0.3, 0.4) is 0 Å². The standard InChI is InChI=1S/C35H35ClF2N6O5S/c1-16-14-44-23(15-43(16)33(47)49-35(5,6)7)31(45)42(8)22-13-40-27-18(28(22)44)11-20(36)25(26(27)38)17-9-10-21(37)29-24(17)19(12-39)30(50-29)41-32(46)48-34(2,3)4/h9-11,13,16,23H,14-15H2,1-8H3,(H,41,46)/t16-,23-/m1/s1/i8D3. The highest BCUT2D eigenvalue weighted by atomic mass is 35.5. The molecule has 2 aliphatic rings. The maximum Gasteiger partial charge on any atom is 0.412 e. The topological polar surface area (TPSA) is 128 Å². The van der Waals surface area contributed by atoms with E-state index in [-0.39, 0.29) is 72.2 Å². The molecule has 15 heteroatoms. The first-order valence-electron chi connectivity index (χ1n) is 17.1. The van der Waals surface area contributed by atoms with E-state index in [0.717, 1.165) is 23.6 Å². The number of likely N-dealkylation sites (N-methyl/N-ethyl adjacent to an activating group) is 1. The number of nitrogens with zero attached hydrogens (tertiary/aromatic N) is 5. The van der Waals surface area contributed by atoms with Gasteiger partial charge in [-0.05, 0) is 66.2 Å². The van der Waals surface area contributed by atoms with Crippen molar-refractivity contribution in [2.45, 2.75) is 71.8 Å². The molecule has 2 atom stereocenters. The lowest BCUT2D eigenvalue weighted by Gasteiger charge is -2.50. The van der Waals surface area contributed by atoms with Gasteiger partial charge < -0.3 is 24.2 Å². The summed E-state index contributed by atoms with van der Waals surface area (Å²) in [5.74, 6) is -2.50. The zero-order valence-corrected chi connectivity index (χ0v) is 29.8. The minimum absolute atomic E-state index is 0.00649. The van der Waals surface area contributed by atoms with Crippen LogP contribution in [0.1, 0.15) is 58.1 Å². The van der Waals surface area contributed by atoms with Gasteiger partial charge in [-0.15, -0.1) is 11.3 Å². The number of pyridine rings is 1.